The molecule has 76 valence electrons. The summed E-state index contributed by atoms with van der Waals surface area (Å²) in [6, 6.07) is 3.61. The van der Waals surface area contributed by atoms with Gasteiger partial charge >= 0.3 is 0 Å². The Morgan fingerprint density at radius 1 is 1.50 bits per heavy atom. The van der Waals surface area contributed by atoms with Crippen LogP contribution in [0.15, 0.2) is 18.3 Å². The van der Waals surface area contributed by atoms with Crippen molar-refractivity contribution >= 4 is 0 Å². The fourth-order valence-electron chi connectivity index (χ4n) is 1.47. The van der Waals surface area contributed by atoms with Crippen molar-refractivity contribution in [1.29, 1.82) is 0 Å². The number of hydrogen-bond donors (Lipinski definition) is 0. The molecular weight excluding hydrogens is 180 g/mol. The Bertz CT molecular complexity index is 311. The lowest BCUT2D eigenvalue weighted by atomic mass is 10.2. The van der Waals surface area contributed by atoms with Crippen molar-refractivity contribution in [3.05, 3.63) is 18.3 Å². The second kappa shape index (κ2) is 3.84. The van der Waals surface area contributed by atoms with E-state index in [4.69, 9.17) is 9.47 Å². The second-order valence-corrected chi connectivity index (χ2v) is 3.49. The SMILES string of the molecule is COc1ccnc(OC2CN(C)C2)c1. The van der Waals surface area contributed by atoms with Gasteiger partial charge in [-0.25, -0.2) is 4.98 Å². The maximum Gasteiger partial charge on any atom is 0.217 e. The summed E-state index contributed by atoms with van der Waals surface area (Å²) in [5.74, 6) is 1.42. The van der Waals surface area contributed by atoms with Gasteiger partial charge in [0, 0.05) is 25.4 Å². The van der Waals surface area contributed by atoms with Crippen LogP contribution in [0, 0.1) is 0 Å². The summed E-state index contributed by atoms with van der Waals surface area (Å²) >= 11 is 0. The molecule has 1 saturated heterocycles. The van der Waals surface area contributed by atoms with Crippen LogP contribution in [0.4, 0.5) is 0 Å². The van der Waals surface area contributed by atoms with Crippen molar-refractivity contribution < 1.29 is 9.47 Å². The Labute approximate surface area is 83.5 Å². The number of likely N-dealkylation sites (N-methyl/N-ethyl adjacent to an activating group) is 1. The molecule has 0 atom stereocenters. The number of aromatic nitrogens is 1. The molecule has 1 aliphatic rings. The normalized spacial score (nSPS) is 17.6. The molecule has 1 aromatic rings. The van der Waals surface area contributed by atoms with Crippen LogP contribution in [0.2, 0.25) is 0 Å². The van der Waals surface area contributed by atoms with Crippen molar-refractivity contribution in [2.45, 2.75) is 6.10 Å². The first-order valence-electron chi connectivity index (χ1n) is 4.63. The molecule has 0 spiro atoms. The predicted octanol–water partition coefficient (Wildman–Crippen LogP) is 0.783. The van der Waals surface area contributed by atoms with Crippen molar-refractivity contribution in [2.24, 2.45) is 0 Å². The Balaban J connectivity index is 1.95. The van der Waals surface area contributed by atoms with E-state index in [1.807, 2.05) is 0 Å². The zero-order chi connectivity index (χ0) is 9.97. The predicted molar refractivity (Wildman–Crippen MR) is 52.7 cm³/mol. The third kappa shape index (κ3) is 1.96. The molecule has 2 heterocycles. The van der Waals surface area contributed by atoms with E-state index in [-0.39, 0.29) is 6.10 Å². The summed E-state index contributed by atoms with van der Waals surface area (Å²) in [5, 5.41) is 0. The monoisotopic (exact) mass is 194 g/mol. The van der Waals surface area contributed by atoms with Gasteiger partial charge in [0.05, 0.1) is 7.11 Å². The van der Waals surface area contributed by atoms with E-state index >= 15 is 0 Å². The summed E-state index contributed by atoms with van der Waals surface area (Å²) < 4.78 is 10.7. The fourth-order valence-corrected chi connectivity index (χ4v) is 1.47. The van der Waals surface area contributed by atoms with Crippen LogP contribution in [-0.2, 0) is 0 Å². The molecule has 0 bridgehead atoms. The topological polar surface area (TPSA) is 34.6 Å². The first-order chi connectivity index (χ1) is 6.78. The average Bonchev–Trinajstić information content (AvgIpc) is 2.16. The third-order valence-corrected chi connectivity index (χ3v) is 2.26. The van der Waals surface area contributed by atoms with Gasteiger partial charge in [0.1, 0.15) is 11.9 Å². The second-order valence-electron chi connectivity index (χ2n) is 3.49. The number of rotatable bonds is 3. The Morgan fingerprint density at radius 3 is 2.93 bits per heavy atom. The van der Waals surface area contributed by atoms with E-state index in [1.54, 1.807) is 25.4 Å². The average molecular weight is 194 g/mol. The Kier molecular flexibility index (Phi) is 2.54. The van der Waals surface area contributed by atoms with Crippen LogP contribution in [0.1, 0.15) is 0 Å². The molecule has 0 saturated carbocycles. The Hall–Kier alpha value is -1.29. The molecule has 14 heavy (non-hydrogen) atoms. The summed E-state index contributed by atoms with van der Waals surface area (Å²) in [6.45, 7) is 1.94. The van der Waals surface area contributed by atoms with E-state index in [9.17, 15) is 0 Å². The number of ether oxygens (including phenoxy) is 2. The van der Waals surface area contributed by atoms with Gasteiger partial charge in [-0.3, -0.25) is 4.90 Å². The van der Waals surface area contributed by atoms with Crippen LogP contribution < -0.4 is 9.47 Å². The number of pyridine rings is 1. The van der Waals surface area contributed by atoms with E-state index in [1.165, 1.54) is 0 Å². The first kappa shape index (κ1) is 9.27. The molecule has 0 N–H and O–H groups in total. The maximum atomic E-state index is 5.63. The van der Waals surface area contributed by atoms with Crippen molar-refractivity contribution in [3.8, 4) is 11.6 Å². The first-order valence-corrected chi connectivity index (χ1v) is 4.63. The molecule has 0 radical (unpaired) electrons. The lowest BCUT2D eigenvalue weighted by Gasteiger charge is -2.35. The van der Waals surface area contributed by atoms with E-state index in [2.05, 4.69) is 16.9 Å². The Morgan fingerprint density at radius 2 is 2.29 bits per heavy atom. The molecule has 0 unspecified atom stereocenters. The van der Waals surface area contributed by atoms with Gasteiger partial charge < -0.3 is 9.47 Å². The van der Waals surface area contributed by atoms with E-state index in [0.29, 0.717) is 5.88 Å². The van der Waals surface area contributed by atoms with E-state index < -0.39 is 0 Å². The molecule has 1 aliphatic heterocycles. The van der Waals surface area contributed by atoms with Gasteiger partial charge in [-0.1, -0.05) is 0 Å². The van der Waals surface area contributed by atoms with Crippen molar-refractivity contribution in [3.63, 3.8) is 0 Å². The molecule has 2 rings (SSSR count). The van der Waals surface area contributed by atoms with Gasteiger partial charge in [-0.15, -0.1) is 0 Å². The zero-order valence-electron chi connectivity index (χ0n) is 8.43. The van der Waals surface area contributed by atoms with Crippen LogP contribution >= 0.6 is 0 Å². The summed E-state index contributed by atoms with van der Waals surface area (Å²) in [5.41, 5.74) is 0. The van der Waals surface area contributed by atoms with Gasteiger partial charge in [0.15, 0.2) is 0 Å². The highest BCUT2D eigenvalue weighted by Gasteiger charge is 2.25. The molecule has 0 aromatic carbocycles. The van der Waals surface area contributed by atoms with Crippen LogP contribution in [0.3, 0.4) is 0 Å². The van der Waals surface area contributed by atoms with Gasteiger partial charge in [-0.2, -0.15) is 0 Å². The van der Waals surface area contributed by atoms with E-state index in [0.717, 1.165) is 18.8 Å². The third-order valence-electron chi connectivity index (χ3n) is 2.26. The minimum atomic E-state index is 0.277. The van der Waals surface area contributed by atoms with Crippen molar-refractivity contribution in [1.82, 2.24) is 9.88 Å². The highest BCUT2D eigenvalue weighted by Crippen LogP contribution is 2.19. The van der Waals surface area contributed by atoms with Crippen LogP contribution in [0.25, 0.3) is 0 Å². The van der Waals surface area contributed by atoms with Crippen molar-refractivity contribution in [2.75, 3.05) is 27.2 Å². The maximum absolute atomic E-state index is 5.63. The largest absolute Gasteiger partial charge is 0.497 e. The lowest BCUT2D eigenvalue weighted by molar-refractivity contribution is 0.0354. The minimum absolute atomic E-state index is 0.277. The smallest absolute Gasteiger partial charge is 0.217 e. The van der Waals surface area contributed by atoms with Gasteiger partial charge in [0.25, 0.3) is 0 Å². The number of hydrogen-bond acceptors (Lipinski definition) is 4. The summed E-state index contributed by atoms with van der Waals surface area (Å²) in [6.07, 6.45) is 1.97. The molecule has 1 aromatic heterocycles. The summed E-state index contributed by atoms with van der Waals surface area (Å²) in [7, 11) is 3.70. The quantitative estimate of drug-likeness (QED) is 0.712. The highest BCUT2D eigenvalue weighted by atomic mass is 16.5. The molecule has 0 amide bonds. The molecule has 0 aliphatic carbocycles. The highest BCUT2D eigenvalue weighted by molar-refractivity contribution is 5.26. The number of likely N-dealkylation sites (tertiary alicyclic amines) is 1. The molecule has 1 fully saturated rings. The number of nitrogens with zero attached hydrogens (tertiary/aromatic N) is 2. The molecule has 4 nitrogen and oxygen atoms in total. The molecule has 4 heteroatoms. The van der Waals surface area contributed by atoms with Gasteiger partial charge in [-0.05, 0) is 13.1 Å². The number of methoxy groups -OCH3 is 1. The lowest BCUT2D eigenvalue weighted by Crippen LogP contribution is -2.51. The van der Waals surface area contributed by atoms with Crippen LogP contribution in [0.5, 0.6) is 11.6 Å². The summed E-state index contributed by atoms with van der Waals surface area (Å²) in [4.78, 5) is 6.31. The fraction of sp³-hybridized carbons (Fsp3) is 0.500. The molecular formula is C10H14N2O2. The standard InChI is InChI=1S/C10H14N2O2/c1-12-6-9(7-12)14-10-5-8(13-2)3-4-11-10/h3-5,9H,6-7H2,1-2H3. The zero-order valence-corrected chi connectivity index (χ0v) is 8.43. The van der Waals surface area contributed by atoms with Gasteiger partial charge in [0.2, 0.25) is 5.88 Å². The van der Waals surface area contributed by atoms with Crippen LogP contribution in [-0.4, -0.2) is 43.2 Å². The minimum Gasteiger partial charge on any atom is -0.497 e.